The van der Waals surface area contributed by atoms with E-state index in [4.69, 9.17) is 0 Å². The van der Waals surface area contributed by atoms with Gasteiger partial charge >= 0.3 is 0 Å². The van der Waals surface area contributed by atoms with E-state index < -0.39 is 0 Å². The SMILES string of the molecule is O=C1NC2(c3nnnn3-c3ccsc31)C1CC3CC(C1)CC2C3. The molecule has 3 heterocycles. The Kier molecular flexibility index (Phi) is 2.20. The van der Waals surface area contributed by atoms with Gasteiger partial charge in [0.1, 0.15) is 10.4 Å². The fraction of sp³-hybridized carbons (Fsp3) is 0.625. The molecule has 7 heteroatoms. The van der Waals surface area contributed by atoms with Crippen molar-refractivity contribution >= 4 is 17.2 Å². The summed E-state index contributed by atoms with van der Waals surface area (Å²) in [7, 11) is 0. The quantitative estimate of drug-likeness (QED) is 0.804. The van der Waals surface area contributed by atoms with Crippen molar-refractivity contribution < 1.29 is 4.79 Å². The predicted molar refractivity (Wildman–Crippen MR) is 83.2 cm³/mol. The van der Waals surface area contributed by atoms with E-state index in [1.165, 1.54) is 43.4 Å². The monoisotopic (exact) mass is 327 g/mol. The standard InChI is InChI=1S/C16H17N5OS/c22-14-13-12(1-2-23-13)21-15(18-19-20-21)16(17-14)10-4-8-3-9(6-10)7-11(16)5-8/h1-2,8-11H,3-7H2,(H,17,22). The minimum Gasteiger partial charge on any atom is -0.338 e. The van der Waals surface area contributed by atoms with Crippen molar-refractivity contribution in [1.29, 1.82) is 0 Å². The van der Waals surface area contributed by atoms with Gasteiger partial charge in [0.2, 0.25) is 0 Å². The molecule has 5 aliphatic rings. The van der Waals surface area contributed by atoms with Gasteiger partial charge in [-0.2, -0.15) is 4.68 Å². The smallest absolute Gasteiger partial charge is 0.264 e. The summed E-state index contributed by atoms with van der Waals surface area (Å²) >= 11 is 1.47. The molecule has 1 amide bonds. The predicted octanol–water partition coefficient (Wildman–Crippen LogP) is 2.12. The van der Waals surface area contributed by atoms with Crippen LogP contribution in [0.1, 0.15) is 47.6 Å². The van der Waals surface area contributed by atoms with Crippen molar-refractivity contribution in [3.63, 3.8) is 0 Å². The number of nitrogens with one attached hydrogen (secondary N) is 1. The van der Waals surface area contributed by atoms with E-state index in [1.807, 2.05) is 16.1 Å². The van der Waals surface area contributed by atoms with E-state index in [9.17, 15) is 4.79 Å². The lowest BCUT2D eigenvalue weighted by atomic mass is 9.48. The van der Waals surface area contributed by atoms with E-state index in [-0.39, 0.29) is 11.4 Å². The molecule has 4 saturated carbocycles. The molecule has 0 atom stereocenters. The number of hydrogen-bond donors (Lipinski definition) is 1. The van der Waals surface area contributed by atoms with Crippen LogP contribution in [0.15, 0.2) is 11.4 Å². The van der Waals surface area contributed by atoms with Crippen LogP contribution in [0.4, 0.5) is 0 Å². The third-order valence-electron chi connectivity index (χ3n) is 6.66. The van der Waals surface area contributed by atoms with Crippen molar-refractivity contribution in [2.45, 2.75) is 37.6 Å². The van der Waals surface area contributed by atoms with E-state index >= 15 is 0 Å². The summed E-state index contributed by atoms with van der Waals surface area (Å²) in [5, 5.41) is 18.0. The van der Waals surface area contributed by atoms with Crippen LogP contribution >= 0.6 is 11.3 Å². The molecule has 1 N–H and O–H groups in total. The zero-order valence-electron chi connectivity index (χ0n) is 12.6. The number of fused-ring (bicyclic) bond motifs is 3. The Labute approximate surface area is 137 Å². The third kappa shape index (κ3) is 1.40. The number of rotatable bonds is 0. The molecule has 4 fully saturated rings. The highest BCUT2D eigenvalue weighted by molar-refractivity contribution is 7.12. The summed E-state index contributed by atoms with van der Waals surface area (Å²) in [5.41, 5.74) is 0.463. The molecular formula is C16H17N5OS. The molecule has 4 aliphatic carbocycles. The molecule has 23 heavy (non-hydrogen) atoms. The van der Waals surface area contributed by atoms with Gasteiger partial charge in [0.05, 0.1) is 5.69 Å². The third-order valence-corrected chi connectivity index (χ3v) is 7.57. The highest BCUT2D eigenvalue weighted by Gasteiger charge is 2.62. The van der Waals surface area contributed by atoms with E-state index in [0.29, 0.717) is 11.8 Å². The van der Waals surface area contributed by atoms with E-state index in [2.05, 4.69) is 20.8 Å². The first kappa shape index (κ1) is 12.6. The van der Waals surface area contributed by atoms with Crippen LogP contribution in [0.25, 0.3) is 5.69 Å². The summed E-state index contributed by atoms with van der Waals surface area (Å²) in [6, 6.07) is 1.95. The molecule has 0 saturated heterocycles. The number of nitrogens with zero attached hydrogens (tertiary/aromatic N) is 4. The van der Waals surface area contributed by atoms with Crippen molar-refractivity contribution in [2.24, 2.45) is 23.7 Å². The molecule has 0 aromatic carbocycles. The van der Waals surface area contributed by atoms with Crippen LogP contribution in [0.3, 0.4) is 0 Å². The molecule has 0 radical (unpaired) electrons. The number of aromatic nitrogens is 4. The maximum Gasteiger partial charge on any atom is 0.264 e. The highest BCUT2D eigenvalue weighted by Crippen LogP contribution is 2.62. The van der Waals surface area contributed by atoms with Crippen molar-refractivity contribution in [3.8, 4) is 5.69 Å². The molecular weight excluding hydrogens is 310 g/mol. The minimum absolute atomic E-state index is 0.0368. The van der Waals surface area contributed by atoms with Gasteiger partial charge in [0.15, 0.2) is 5.82 Å². The first-order valence-electron chi connectivity index (χ1n) is 8.45. The number of hydrogen-bond acceptors (Lipinski definition) is 5. The van der Waals surface area contributed by atoms with Crippen LogP contribution < -0.4 is 5.32 Å². The van der Waals surface area contributed by atoms with Gasteiger partial charge in [-0.25, -0.2) is 0 Å². The summed E-state index contributed by atoms with van der Waals surface area (Å²) in [6.07, 6.45) is 6.19. The van der Waals surface area contributed by atoms with Gasteiger partial charge in [-0.15, -0.1) is 16.4 Å². The molecule has 2 aromatic rings. The Bertz CT molecular complexity index is 796. The van der Waals surface area contributed by atoms with Gasteiger partial charge in [0, 0.05) is 0 Å². The van der Waals surface area contributed by atoms with E-state index in [0.717, 1.165) is 28.2 Å². The highest BCUT2D eigenvalue weighted by atomic mass is 32.1. The molecule has 4 bridgehead atoms. The zero-order chi connectivity index (χ0) is 15.2. The van der Waals surface area contributed by atoms with Gasteiger partial charge in [-0.1, -0.05) is 0 Å². The summed E-state index contributed by atoms with van der Waals surface area (Å²) in [5.74, 6) is 3.51. The molecule has 2 aromatic heterocycles. The summed E-state index contributed by atoms with van der Waals surface area (Å²) < 4.78 is 1.83. The molecule has 0 unspecified atom stereocenters. The Balaban J connectivity index is 1.61. The maximum atomic E-state index is 12.9. The second-order valence-corrected chi connectivity index (χ2v) is 8.59. The summed E-state index contributed by atoms with van der Waals surface area (Å²) in [6.45, 7) is 0. The van der Waals surface area contributed by atoms with Crippen molar-refractivity contribution in [3.05, 3.63) is 22.1 Å². The van der Waals surface area contributed by atoms with Crippen LogP contribution in [0.5, 0.6) is 0 Å². The fourth-order valence-corrected chi connectivity index (χ4v) is 6.81. The average Bonchev–Trinajstić information content (AvgIpc) is 3.17. The number of carbonyl (C=O) groups excluding carboxylic acids is 1. The number of tetrazole rings is 1. The van der Waals surface area contributed by atoms with Crippen LogP contribution in [-0.4, -0.2) is 26.1 Å². The second kappa shape index (κ2) is 4.01. The lowest BCUT2D eigenvalue weighted by molar-refractivity contribution is -0.0775. The molecule has 6 nitrogen and oxygen atoms in total. The summed E-state index contributed by atoms with van der Waals surface area (Å²) in [4.78, 5) is 13.7. The van der Waals surface area contributed by atoms with Crippen LogP contribution in [-0.2, 0) is 5.54 Å². The minimum atomic E-state index is -0.368. The van der Waals surface area contributed by atoms with Gasteiger partial charge in [-0.05, 0) is 77.6 Å². The van der Waals surface area contributed by atoms with Gasteiger partial charge in [0.25, 0.3) is 5.91 Å². The Hall–Kier alpha value is -1.76. The Morgan fingerprint density at radius 2 is 1.91 bits per heavy atom. The fourth-order valence-electron chi connectivity index (χ4n) is 6.04. The maximum absolute atomic E-state index is 12.9. The van der Waals surface area contributed by atoms with Crippen LogP contribution in [0, 0.1) is 23.7 Å². The second-order valence-electron chi connectivity index (χ2n) is 7.68. The van der Waals surface area contributed by atoms with Crippen LogP contribution in [0.2, 0.25) is 0 Å². The van der Waals surface area contributed by atoms with Gasteiger partial charge < -0.3 is 5.32 Å². The van der Waals surface area contributed by atoms with E-state index in [1.54, 1.807) is 0 Å². The zero-order valence-corrected chi connectivity index (χ0v) is 13.4. The van der Waals surface area contributed by atoms with Crippen molar-refractivity contribution in [2.75, 3.05) is 0 Å². The van der Waals surface area contributed by atoms with Crippen molar-refractivity contribution in [1.82, 2.24) is 25.5 Å². The molecule has 7 rings (SSSR count). The number of carbonyl (C=O) groups is 1. The molecule has 1 aliphatic heterocycles. The Morgan fingerprint density at radius 1 is 1.17 bits per heavy atom. The topological polar surface area (TPSA) is 72.7 Å². The molecule has 118 valence electrons. The number of thiophene rings is 1. The first-order chi connectivity index (χ1) is 11.3. The largest absolute Gasteiger partial charge is 0.338 e. The lowest BCUT2D eigenvalue weighted by Crippen LogP contribution is -2.64. The first-order valence-corrected chi connectivity index (χ1v) is 9.33. The normalized spacial score (nSPS) is 39.9. The lowest BCUT2D eigenvalue weighted by Gasteiger charge is -2.60. The molecule has 1 spiro atoms. The Morgan fingerprint density at radius 3 is 2.65 bits per heavy atom. The number of amides is 1. The van der Waals surface area contributed by atoms with Gasteiger partial charge in [-0.3, -0.25) is 4.79 Å². The average molecular weight is 327 g/mol.